The minimum Gasteiger partial charge on any atom is -0.394 e. The quantitative estimate of drug-likeness (QED) is 0.251. The first-order valence-corrected chi connectivity index (χ1v) is 10.1. The third kappa shape index (κ3) is 4.92. The predicted molar refractivity (Wildman–Crippen MR) is 98.7 cm³/mol. The number of thioether (sulfide) groups is 1. The fourth-order valence-corrected chi connectivity index (χ4v) is 4.37. The molecule has 164 valence electrons. The molecule has 10 nitrogen and oxygen atoms in total. The van der Waals surface area contributed by atoms with Crippen LogP contribution in [0.1, 0.15) is 0 Å². The Kier molecular flexibility index (Phi) is 7.87. The average Bonchev–Trinajstić information content (AvgIpc) is 2.74. The first-order valence-electron chi connectivity index (χ1n) is 9.17. The molecule has 0 unspecified atom stereocenters. The van der Waals surface area contributed by atoms with Crippen molar-refractivity contribution in [1.82, 2.24) is 0 Å². The summed E-state index contributed by atoms with van der Waals surface area (Å²) in [6.07, 6.45) is -12.9. The van der Waals surface area contributed by atoms with E-state index in [0.29, 0.717) is 0 Å². The minimum atomic E-state index is -1.69. The van der Waals surface area contributed by atoms with Crippen LogP contribution in [0.2, 0.25) is 0 Å². The van der Waals surface area contributed by atoms with Gasteiger partial charge >= 0.3 is 0 Å². The van der Waals surface area contributed by atoms with Crippen molar-refractivity contribution in [3.63, 3.8) is 0 Å². The van der Waals surface area contributed by atoms with E-state index in [2.05, 4.69) is 0 Å². The van der Waals surface area contributed by atoms with Crippen molar-refractivity contribution in [3.8, 4) is 0 Å². The molecule has 11 heteroatoms. The van der Waals surface area contributed by atoms with Crippen LogP contribution in [0.4, 0.5) is 0 Å². The maximum Gasteiger partial charge on any atom is 0.187 e. The van der Waals surface area contributed by atoms with E-state index in [9.17, 15) is 35.7 Å². The zero-order valence-electron chi connectivity index (χ0n) is 15.3. The Hall–Kier alpha value is -0.830. The smallest absolute Gasteiger partial charge is 0.187 e. The first kappa shape index (κ1) is 22.8. The van der Waals surface area contributed by atoms with Gasteiger partial charge in [-0.15, -0.1) is 0 Å². The van der Waals surface area contributed by atoms with E-state index >= 15 is 0 Å². The third-order valence-corrected chi connectivity index (χ3v) is 6.12. The lowest BCUT2D eigenvalue weighted by Gasteiger charge is -2.46. The highest BCUT2D eigenvalue weighted by molar-refractivity contribution is 7.99. The van der Waals surface area contributed by atoms with E-state index in [1.807, 2.05) is 18.2 Å². The van der Waals surface area contributed by atoms with Gasteiger partial charge in [-0.3, -0.25) is 0 Å². The molecule has 29 heavy (non-hydrogen) atoms. The van der Waals surface area contributed by atoms with Crippen LogP contribution in [0.3, 0.4) is 0 Å². The van der Waals surface area contributed by atoms with Crippen LogP contribution in [-0.2, 0) is 14.2 Å². The molecule has 2 heterocycles. The molecule has 0 bridgehead atoms. The molecule has 0 amide bonds. The molecule has 0 spiro atoms. The maximum atomic E-state index is 10.6. The zero-order chi connectivity index (χ0) is 21.1. The molecule has 10 atom stereocenters. The largest absolute Gasteiger partial charge is 0.394 e. The number of aliphatic hydroxyl groups is 7. The SMILES string of the molecule is OC[C@H]1O[C@@H](O[C@H]2[C@H](O)[C@@H](O)[C@H](Sc3ccccc3)O[C@@H]2CO)[C@H](O)[C@@H](O)[C@H]1O. The number of hydrogen-bond acceptors (Lipinski definition) is 11. The van der Waals surface area contributed by atoms with Crippen molar-refractivity contribution in [3.05, 3.63) is 30.3 Å². The van der Waals surface area contributed by atoms with Gasteiger partial charge in [-0.25, -0.2) is 0 Å². The standard InChI is InChI=1S/C18H26O10S/c19-6-9-11(21)12(22)14(24)17(26-9)28-16-10(7-20)27-18(15(25)13(16)23)29-8-4-2-1-3-5-8/h1-5,9-25H,6-7H2/t9-,10-,11+,12+,13-,14-,15-,16-,17+,18+/m1/s1. The van der Waals surface area contributed by atoms with Crippen molar-refractivity contribution in [2.45, 2.75) is 65.5 Å². The van der Waals surface area contributed by atoms with Crippen molar-refractivity contribution < 1.29 is 50.0 Å². The second-order valence-electron chi connectivity index (χ2n) is 6.94. The predicted octanol–water partition coefficient (Wildman–Crippen LogP) is -2.60. The third-order valence-electron chi connectivity index (χ3n) is 4.96. The van der Waals surface area contributed by atoms with Crippen LogP contribution in [0, 0.1) is 0 Å². The summed E-state index contributed by atoms with van der Waals surface area (Å²) < 4.78 is 16.5. The molecule has 2 saturated heterocycles. The first-order chi connectivity index (χ1) is 13.9. The van der Waals surface area contributed by atoms with Gasteiger partial charge in [0.2, 0.25) is 0 Å². The molecular formula is C18H26O10S. The Morgan fingerprint density at radius 3 is 2.03 bits per heavy atom. The van der Waals surface area contributed by atoms with Crippen LogP contribution < -0.4 is 0 Å². The van der Waals surface area contributed by atoms with E-state index in [1.54, 1.807) is 12.1 Å². The normalized spacial score (nSPS) is 43.3. The van der Waals surface area contributed by atoms with Gasteiger partial charge in [-0.05, 0) is 12.1 Å². The molecule has 1 aromatic carbocycles. The highest BCUT2D eigenvalue weighted by Crippen LogP contribution is 2.35. The average molecular weight is 434 g/mol. The van der Waals surface area contributed by atoms with Crippen LogP contribution >= 0.6 is 11.8 Å². The van der Waals surface area contributed by atoms with Crippen molar-refractivity contribution in [1.29, 1.82) is 0 Å². The van der Waals surface area contributed by atoms with Gasteiger partial charge in [-0.1, -0.05) is 30.0 Å². The van der Waals surface area contributed by atoms with E-state index in [4.69, 9.17) is 14.2 Å². The number of benzene rings is 1. The fraction of sp³-hybridized carbons (Fsp3) is 0.667. The summed E-state index contributed by atoms with van der Waals surface area (Å²) in [6, 6.07) is 9.05. The summed E-state index contributed by atoms with van der Waals surface area (Å²) >= 11 is 1.16. The van der Waals surface area contributed by atoms with Gasteiger partial charge in [0.1, 0.15) is 54.3 Å². The van der Waals surface area contributed by atoms with Gasteiger partial charge < -0.3 is 50.0 Å². The molecular weight excluding hydrogens is 408 g/mol. The lowest BCUT2D eigenvalue weighted by molar-refractivity contribution is -0.338. The number of rotatable bonds is 6. The summed E-state index contributed by atoms with van der Waals surface area (Å²) in [5, 5.41) is 69.8. The van der Waals surface area contributed by atoms with Gasteiger partial charge in [-0.2, -0.15) is 0 Å². The van der Waals surface area contributed by atoms with Gasteiger partial charge in [0, 0.05) is 4.90 Å². The Morgan fingerprint density at radius 1 is 0.759 bits per heavy atom. The molecule has 7 N–H and O–H groups in total. The van der Waals surface area contributed by atoms with E-state index in [-0.39, 0.29) is 0 Å². The molecule has 3 rings (SSSR count). The zero-order valence-corrected chi connectivity index (χ0v) is 16.2. The summed E-state index contributed by atoms with van der Waals surface area (Å²) in [7, 11) is 0. The topological polar surface area (TPSA) is 169 Å². The molecule has 2 fully saturated rings. The molecule has 0 aromatic heterocycles. The van der Waals surface area contributed by atoms with Crippen LogP contribution in [-0.4, -0.2) is 110 Å². The van der Waals surface area contributed by atoms with Gasteiger partial charge in [0.05, 0.1) is 13.2 Å². The second-order valence-corrected chi connectivity index (χ2v) is 8.11. The molecule has 0 saturated carbocycles. The van der Waals surface area contributed by atoms with Gasteiger partial charge in [0.25, 0.3) is 0 Å². The van der Waals surface area contributed by atoms with E-state index in [0.717, 1.165) is 16.7 Å². The second kappa shape index (κ2) is 9.98. The van der Waals surface area contributed by atoms with Crippen LogP contribution in [0.15, 0.2) is 35.2 Å². The van der Waals surface area contributed by atoms with Crippen LogP contribution in [0.5, 0.6) is 0 Å². The Morgan fingerprint density at radius 2 is 1.41 bits per heavy atom. The van der Waals surface area contributed by atoms with Crippen molar-refractivity contribution in [2.75, 3.05) is 13.2 Å². The monoisotopic (exact) mass is 434 g/mol. The molecule has 0 radical (unpaired) electrons. The maximum absolute atomic E-state index is 10.6. The number of hydrogen-bond donors (Lipinski definition) is 7. The number of ether oxygens (including phenoxy) is 3. The van der Waals surface area contributed by atoms with E-state index in [1.165, 1.54) is 0 Å². The highest BCUT2D eigenvalue weighted by Gasteiger charge is 2.50. The summed E-state index contributed by atoms with van der Waals surface area (Å²) in [4.78, 5) is 0.786. The molecule has 2 aliphatic heterocycles. The van der Waals surface area contributed by atoms with Gasteiger partial charge in [0.15, 0.2) is 6.29 Å². The van der Waals surface area contributed by atoms with Crippen molar-refractivity contribution in [2.24, 2.45) is 0 Å². The summed E-state index contributed by atoms with van der Waals surface area (Å²) in [5.74, 6) is 0. The minimum absolute atomic E-state index is 0.558. The Labute approximate surface area is 171 Å². The molecule has 1 aromatic rings. The number of aliphatic hydroxyl groups excluding tert-OH is 7. The highest BCUT2D eigenvalue weighted by atomic mass is 32.2. The summed E-state index contributed by atoms with van der Waals surface area (Å²) in [5.41, 5.74) is -0.890. The lowest BCUT2D eigenvalue weighted by atomic mass is 9.97. The lowest BCUT2D eigenvalue weighted by Crippen LogP contribution is -2.64. The Bertz CT molecular complexity index is 632. The fourth-order valence-electron chi connectivity index (χ4n) is 3.29. The summed E-state index contributed by atoms with van der Waals surface area (Å²) in [6.45, 7) is -1.20. The van der Waals surface area contributed by atoms with Crippen molar-refractivity contribution >= 4 is 11.8 Å². The van der Waals surface area contributed by atoms with Crippen LogP contribution in [0.25, 0.3) is 0 Å². The molecule has 0 aliphatic carbocycles. The Balaban J connectivity index is 1.71. The molecule has 2 aliphatic rings. The van der Waals surface area contributed by atoms with E-state index < -0.39 is 73.8 Å².